The Morgan fingerprint density at radius 3 is 2.06 bits per heavy atom. The van der Waals surface area contributed by atoms with E-state index in [9.17, 15) is 48.9 Å². The summed E-state index contributed by atoms with van der Waals surface area (Å²) in [5.74, 6) is -8.98. The molecule has 5 aliphatic rings. The van der Waals surface area contributed by atoms with Crippen molar-refractivity contribution < 1.29 is 115 Å². The molecule has 36 nitrogen and oxygen atoms in total. The second kappa shape index (κ2) is 50.1. The predicted octanol–water partition coefficient (Wildman–Crippen LogP) is 6.62. The number of ketones is 3. The third kappa shape index (κ3) is 28.8. The lowest BCUT2D eigenvalue weighted by Crippen LogP contribution is -2.61. The van der Waals surface area contributed by atoms with Gasteiger partial charge in [-0.25, -0.2) is 29.2 Å². The molecule has 0 unspecified atom stereocenters. The Morgan fingerprint density at radius 1 is 0.714 bits per heavy atom. The number of rotatable bonds is 36. The van der Waals surface area contributed by atoms with Crippen molar-refractivity contribution in [2.75, 3.05) is 151 Å². The average molecular weight is 1760 g/mol. The number of carbonyl (C=O) groups excluding carboxylic acids is 7. The molecule has 1 saturated carbocycles. The van der Waals surface area contributed by atoms with Crippen LogP contribution >= 0.6 is 0 Å². The number of aliphatic hydroxyl groups is 3. The summed E-state index contributed by atoms with van der Waals surface area (Å²) in [6.07, 6.45) is 10.8. The number of ether oxygens (including phenoxy) is 13. The maximum Gasteiger partial charge on any atom is 0.407 e. The molecular weight excluding hydrogens is 1630 g/mol. The van der Waals surface area contributed by atoms with Gasteiger partial charge in [0, 0.05) is 88.8 Å². The van der Waals surface area contributed by atoms with Crippen LogP contribution in [0.2, 0.25) is 0 Å². The van der Waals surface area contributed by atoms with Crippen molar-refractivity contribution >= 4 is 75.3 Å². The number of aliphatic hydroxyl groups excluding tert-OH is 2. The van der Waals surface area contributed by atoms with Gasteiger partial charge < -0.3 is 114 Å². The number of fused-ring (bicyclic) bond motifs is 6. The third-order valence-corrected chi connectivity index (χ3v) is 23.9. The van der Waals surface area contributed by atoms with Crippen LogP contribution in [-0.2, 0) is 110 Å². The van der Waals surface area contributed by atoms with E-state index in [1.807, 2.05) is 55.2 Å². The number of alkyl carbamates (subject to hydrolysis) is 1. The van der Waals surface area contributed by atoms with Crippen LogP contribution in [0.15, 0.2) is 88.8 Å². The van der Waals surface area contributed by atoms with Gasteiger partial charge in [0.2, 0.25) is 17.4 Å². The fraction of sp³-hybridized carbons (Fsp3) is 0.644. The number of methoxy groups -OCH3 is 2. The van der Waals surface area contributed by atoms with E-state index in [2.05, 4.69) is 37.4 Å². The fourth-order valence-corrected chi connectivity index (χ4v) is 16.6. The summed E-state index contributed by atoms with van der Waals surface area (Å²) in [5.41, 5.74) is 26.0. The zero-order valence-electron chi connectivity index (χ0n) is 74.0. The molecule has 694 valence electrons. The van der Waals surface area contributed by atoms with Gasteiger partial charge >= 0.3 is 12.1 Å². The maximum atomic E-state index is 14.7. The molecule has 10 rings (SSSR count). The number of nitrogens with one attached hydrogen (secondary N) is 1. The minimum absolute atomic E-state index is 0.00283. The molecule has 4 aromatic heterocycles. The molecule has 10 N–H and O–H groups in total. The number of aromatic nitrogens is 6. The molecular formula is C90H130N12O24. The lowest BCUT2D eigenvalue weighted by Gasteiger charge is -2.42. The largest absolute Gasteiger partial charge is 0.459 e. The van der Waals surface area contributed by atoms with E-state index in [1.54, 1.807) is 44.8 Å². The summed E-state index contributed by atoms with van der Waals surface area (Å²) in [6, 6.07) is 5.82. The summed E-state index contributed by atoms with van der Waals surface area (Å²) in [4.78, 5) is 118. The molecule has 5 aromatic rings. The van der Waals surface area contributed by atoms with Crippen LogP contribution in [-0.4, -0.2) is 296 Å². The topological polar surface area (TPSA) is 479 Å². The van der Waals surface area contributed by atoms with E-state index in [-0.39, 0.29) is 81.3 Å². The highest BCUT2D eigenvalue weighted by Gasteiger charge is 2.53. The number of piperidine rings is 1. The second-order valence-corrected chi connectivity index (χ2v) is 33.3. The van der Waals surface area contributed by atoms with E-state index in [1.165, 1.54) is 32.0 Å². The number of pyridine rings is 1. The first-order chi connectivity index (χ1) is 60.7. The SMILES string of the molecule is CO[C@H]1C[C@@H]2CC[C@@H](C)[C@@](O)(O2)C(=O)C(=O)N2CCCC[C@H]2C(=O)O[C@H]([C@H](N)C[C@@H]2CC[C@@H](OC(=O)NCCOCCOCCOCCOCCOCCOCCOCCOCCC(=O)N3CCc4cc(Cn5nc(-c6cnc7oc(N)nc7c6)c6c(N)ncnc65)ccc4C3)[C@H](OC)C2)CC(=O)[C@H](C)/C=C(\C)[C@@H](O)[C@@H](O)C(=O)[C@H](C)C[C@H](C)/C=C/C=C/C=C/1C. The van der Waals surface area contributed by atoms with Gasteiger partial charge in [0.05, 0.1) is 142 Å². The Kier molecular flexibility index (Phi) is 39.5. The van der Waals surface area contributed by atoms with Crippen molar-refractivity contribution in [1.82, 2.24) is 44.8 Å². The maximum absolute atomic E-state index is 14.7. The Labute approximate surface area is 735 Å². The summed E-state index contributed by atoms with van der Waals surface area (Å²) in [5, 5.41) is 42.8. The number of hydrogen-bond donors (Lipinski definition) is 7. The highest BCUT2D eigenvalue weighted by Crippen LogP contribution is 2.39. The quantitative estimate of drug-likeness (QED) is 0.00959. The highest BCUT2D eigenvalue weighted by atomic mass is 16.6. The van der Waals surface area contributed by atoms with Gasteiger partial charge in [-0.3, -0.25) is 24.0 Å². The molecule has 126 heavy (non-hydrogen) atoms. The monoisotopic (exact) mass is 1760 g/mol. The fourth-order valence-electron chi connectivity index (χ4n) is 16.6. The first-order valence-corrected chi connectivity index (χ1v) is 44.1. The van der Waals surface area contributed by atoms with Gasteiger partial charge in [0.25, 0.3) is 17.7 Å². The standard InChI is InChI=1S/C90H130N12O24/c1-56-14-10-9-11-15-57(2)73(113-7)50-67-21-17-61(6)90(112,126-67)82(108)86(109)101-26-13-12-16-70(101)87(110)123-74(51-71(103)58(3)45-60(5)80(106)81(107)79(105)59(4)44-56)68(91)47-62-19-22-72(75(48-62)114-8)124-89(111)94-25-29-116-31-33-118-35-37-120-39-41-122-43-42-121-40-38-119-36-34-117-32-30-115-28-24-76(104)100-27-23-64-46-63(18-20-65(64)54-100)53-102-84-77(83(92)96-55-97-84)78(99-102)66-49-69-85(95-52-66)125-88(93)98-69/h9-11,14-15,18,20,45-46,49,52,55-56,58-59,61-62,67-68,70,72-75,80-81,106-107,112H,12-13,16-17,19,21-44,47-48,50-51,53-54,91H2,1-8H3,(H2,93,98)(H,94,111)(H2,92,96,97)/b11-9+,14-10+,57-15+,60-45+/t56-,58-,59-,61-,62+,67+,68-,70+,72-,73+,74+,75-,80-,81+,90-/m1/s1. The predicted molar refractivity (Wildman–Crippen MR) is 462 cm³/mol. The number of hydrogen-bond acceptors (Lipinski definition) is 32. The number of cyclic esters (lactones) is 1. The molecule has 36 heteroatoms. The van der Waals surface area contributed by atoms with Crippen LogP contribution in [0.1, 0.15) is 142 Å². The molecule has 0 radical (unpaired) electrons. The Bertz CT molecular complexity index is 4500. The average Bonchev–Trinajstić information content (AvgIpc) is 1.46. The van der Waals surface area contributed by atoms with Crippen LogP contribution < -0.4 is 22.5 Å². The van der Waals surface area contributed by atoms with Crippen LogP contribution in [0.5, 0.6) is 0 Å². The molecule has 1 aromatic carbocycles. The Hall–Kier alpha value is -8.96. The van der Waals surface area contributed by atoms with E-state index < -0.39 is 120 Å². The lowest BCUT2D eigenvalue weighted by atomic mass is 9.80. The highest BCUT2D eigenvalue weighted by molar-refractivity contribution is 6.39. The lowest BCUT2D eigenvalue weighted by molar-refractivity contribution is -0.265. The molecule has 3 amide bonds. The molecule has 8 heterocycles. The smallest absolute Gasteiger partial charge is 0.407 e. The first kappa shape index (κ1) is 99.2. The number of amides is 3. The number of anilines is 2. The normalized spacial score (nSPS) is 27.1. The first-order valence-electron chi connectivity index (χ1n) is 44.1. The third-order valence-electron chi connectivity index (χ3n) is 23.9. The van der Waals surface area contributed by atoms with Crippen LogP contribution in [0.4, 0.5) is 16.6 Å². The number of Topliss-reactive ketones (excluding diaryl/α,β-unsaturated/α-hetero) is 3. The van der Waals surface area contributed by atoms with Crippen molar-refractivity contribution in [3.63, 3.8) is 0 Å². The molecule has 0 spiro atoms. The Balaban J connectivity index is 0.548. The minimum Gasteiger partial charge on any atom is -0.459 e. The zero-order chi connectivity index (χ0) is 90.2. The van der Waals surface area contributed by atoms with Crippen molar-refractivity contribution in [3.05, 3.63) is 101 Å². The van der Waals surface area contributed by atoms with E-state index in [0.29, 0.717) is 203 Å². The number of nitrogen functional groups attached to an aromatic ring is 2. The number of benzene rings is 1. The minimum atomic E-state index is -2.51. The summed E-state index contributed by atoms with van der Waals surface area (Å²) < 4.78 is 82.1. The van der Waals surface area contributed by atoms with E-state index >= 15 is 0 Å². The number of allylic oxidation sites excluding steroid dienone is 6. The number of carbonyl (C=O) groups is 7. The summed E-state index contributed by atoms with van der Waals surface area (Å²) in [7, 11) is 3.06. The number of nitrogens with two attached hydrogens (primary N) is 3. The Morgan fingerprint density at radius 2 is 1.39 bits per heavy atom. The molecule has 2 saturated heterocycles. The van der Waals surface area contributed by atoms with Crippen molar-refractivity contribution in [2.45, 2.75) is 205 Å². The van der Waals surface area contributed by atoms with Gasteiger partial charge in [-0.05, 0) is 130 Å². The van der Waals surface area contributed by atoms with Crippen molar-refractivity contribution in [2.24, 2.45) is 35.3 Å². The number of oxazole rings is 1. The molecule has 2 bridgehead atoms. The van der Waals surface area contributed by atoms with Gasteiger partial charge in [-0.2, -0.15) is 10.1 Å². The molecule has 3 fully saturated rings. The van der Waals surface area contributed by atoms with Gasteiger partial charge in [0.15, 0.2) is 11.4 Å². The van der Waals surface area contributed by atoms with Gasteiger partial charge in [0.1, 0.15) is 59.6 Å². The van der Waals surface area contributed by atoms with Gasteiger partial charge in [-0.1, -0.05) is 82.4 Å². The molecule has 4 aliphatic heterocycles. The van der Waals surface area contributed by atoms with Crippen LogP contribution in [0.25, 0.3) is 33.5 Å². The van der Waals surface area contributed by atoms with Gasteiger partial charge in [-0.15, -0.1) is 0 Å². The second-order valence-electron chi connectivity index (χ2n) is 33.3. The van der Waals surface area contributed by atoms with E-state index in [0.717, 1.165) is 28.0 Å². The molecule has 1 aliphatic carbocycles. The number of nitrogens with zero attached hydrogens (tertiary/aromatic N) is 8. The van der Waals surface area contributed by atoms with Crippen molar-refractivity contribution in [3.8, 4) is 11.3 Å². The van der Waals surface area contributed by atoms with Crippen molar-refractivity contribution in [1.29, 1.82) is 0 Å². The molecule has 15 atom stereocenters. The van der Waals surface area contributed by atoms with Crippen LogP contribution in [0.3, 0.4) is 0 Å². The zero-order valence-corrected chi connectivity index (χ0v) is 74.0. The van der Waals surface area contributed by atoms with Crippen LogP contribution in [0, 0.1) is 29.6 Å². The summed E-state index contributed by atoms with van der Waals surface area (Å²) in [6.45, 7) is 17.6. The summed E-state index contributed by atoms with van der Waals surface area (Å²) >= 11 is 0. The van der Waals surface area contributed by atoms with E-state index in [4.69, 9.17) is 88.3 Å². The number of esters is 1.